The summed E-state index contributed by atoms with van der Waals surface area (Å²) in [6.07, 6.45) is 0. The van der Waals surface area contributed by atoms with E-state index in [0.717, 1.165) is 5.56 Å². The van der Waals surface area contributed by atoms with Crippen LogP contribution in [0.25, 0.3) is 0 Å². The molecule has 2 aromatic rings. The average molecular weight is 398 g/mol. The summed E-state index contributed by atoms with van der Waals surface area (Å²) in [6, 6.07) is 11.2. The number of ketones is 1. The van der Waals surface area contributed by atoms with E-state index < -0.39 is 5.97 Å². The van der Waals surface area contributed by atoms with Crippen molar-refractivity contribution in [2.24, 2.45) is 0 Å². The molecule has 2 amide bonds. The molecule has 0 aliphatic carbocycles. The third kappa shape index (κ3) is 5.47. The highest BCUT2D eigenvalue weighted by Crippen LogP contribution is 2.32. The maximum atomic E-state index is 12.2. The van der Waals surface area contributed by atoms with E-state index in [4.69, 9.17) is 14.2 Å². The topological polar surface area (TPSA) is 103 Å². The first-order chi connectivity index (χ1) is 13.9. The van der Waals surface area contributed by atoms with Gasteiger partial charge >= 0.3 is 12.0 Å². The van der Waals surface area contributed by atoms with Crippen LogP contribution in [0.2, 0.25) is 0 Å². The minimum Gasteiger partial charge on any atom is -0.454 e. The van der Waals surface area contributed by atoms with Gasteiger partial charge in [0.05, 0.1) is 5.56 Å². The zero-order chi connectivity index (χ0) is 20.8. The number of hydrogen-bond acceptors (Lipinski definition) is 6. The lowest BCUT2D eigenvalue weighted by molar-refractivity contribution is 0.0474. The van der Waals surface area contributed by atoms with E-state index in [0.29, 0.717) is 29.2 Å². The Morgan fingerprint density at radius 2 is 1.69 bits per heavy atom. The predicted molar refractivity (Wildman–Crippen MR) is 104 cm³/mol. The Morgan fingerprint density at radius 3 is 2.41 bits per heavy atom. The molecule has 1 aliphatic heterocycles. The maximum Gasteiger partial charge on any atom is 0.338 e. The van der Waals surface area contributed by atoms with Gasteiger partial charge in [-0.2, -0.15) is 0 Å². The minimum atomic E-state index is -0.601. The van der Waals surface area contributed by atoms with Crippen molar-refractivity contribution in [1.82, 2.24) is 10.6 Å². The van der Waals surface area contributed by atoms with Gasteiger partial charge in [0.2, 0.25) is 6.79 Å². The van der Waals surface area contributed by atoms with E-state index in [1.807, 2.05) is 13.8 Å². The second-order valence-electron chi connectivity index (χ2n) is 6.75. The molecule has 0 saturated carbocycles. The normalized spacial score (nSPS) is 11.8. The Balaban J connectivity index is 1.49. The van der Waals surface area contributed by atoms with Crippen molar-refractivity contribution >= 4 is 17.8 Å². The molecule has 0 spiro atoms. The number of urea groups is 1. The summed E-state index contributed by atoms with van der Waals surface area (Å²) in [5, 5.41) is 5.45. The number of fused-ring (bicyclic) bond motifs is 1. The smallest absolute Gasteiger partial charge is 0.338 e. The van der Waals surface area contributed by atoms with Gasteiger partial charge < -0.3 is 24.8 Å². The van der Waals surface area contributed by atoms with Crippen LogP contribution < -0.4 is 20.1 Å². The molecule has 0 bridgehead atoms. The van der Waals surface area contributed by atoms with Crippen LogP contribution >= 0.6 is 0 Å². The molecule has 29 heavy (non-hydrogen) atoms. The summed E-state index contributed by atoms with van der Waals surface area (Å²) < 4.78 is 15.5. The molecule has 152 valence electrons. The number of amides is 2. The van der Waals surface area contributed by atoms with Gasteiger partial charge in [-0.1, -0.05) is 12.1 Å². The third-order valence-electron chi connectivity index (χ3n) is 4.09. The summed E-state index contributed by atoms with van der Waals surface area (Å²) in [5.41, 5.74) is 1.53. The molecular formula is C21H22N2O6. The number of esters is 1. The van der Waals surface area contributed by atoms with Crippen LogP contribution in [0.15, 0.2) is 42.5 Å². The predicted octanol–water partition coefficient (Wildman–Crippen LogP) is 2.66. The molecule has 2 aromatic carbocycles. The van der Waals surface area contributed by atoms with Gasteiger partial charge in [-0.15, -0.1) is 0 Å². The van der Waals surface area contributed by atoms with Gasteiger partial charge in [-0.3, -0.25) is 4.79 Å². The molecule has 1 aliphatic rings. The van der Waals surface area contributed by atoms with Gasteiger partial charge in [0.25, 0.3) is 0 Å². The summed E-state index contributed by atoms with van der Waals surface area (Å²) in [7, 11) is 0. The monoisotopic (exact) mass is 398 g/mol. The Bertz CT molecular complexity index is 908. The maximum absolute atomic E-state index is 12.2. The Labute approximate surface area is 168 Å². The van der Waals surface area contributed by atoms with Crippen molar-refractivity contribution in [3.63, 3.8) is 0 Å². The van der Waals surface area contributed by atoms with Crippen molar-refractivity contribution in [2.75, 3.05) is 13.4 Å². The summed E-state index contributed by atoms with van der Waals surface area (Å²) in [5.74, 6) is 0.132. The lowest BCUT2D eigenvalue weighted by Crippen LogP contribution is -2.39. The van der Waals surface area contributed by atoms with E-state index in [1.54, 1.807) is 42.5 Å². The third-order valence-corrected chi connectivity index (χ3v) is 4.09. The van der Waals surface area contributed by atoms with Gasteiger partial charge in [0, 0.05) is 18.2 Å². The van der Waals surface area contributed by atoms with E-state index in [1.165, 1.54) is 0 Å². The summed E-state index contributed by atoms with van der Waals surface area (Å²) in [4.78, 5) is 36.0. The average Bonchev–Trinajstić information content (AvgIpc) is 3.18. The van der Waals surface area contributed by atoms with Crippen molar-refractivity contribution in [2.45, 2.75) is 26.4 Å². The molecule has 0 atom stereocenters. The highest BCUT2D eigenvalue weighted by atomic mass is 16.7. The van der Waals surface area contributed by atoms with E-state index >= 15 is 0 Å². The van der Waals surface area contributed by atoms with Crippen LogP contribution in [0, 0.1) is 0 Å². The molecule has 0 saturated heterocycles. The molecule has 0 fully saturated rings. The van der Waals surface area contributed by atoms with Crippen molar-refractivity contribution in [1.29, 1.82) is 0 Å². The molecular weight excluding hydrogens is 376 g/mol. The molecule has 3 rings (SSSR count). The van der Waals surface area contributed by atoms with E-state index in [9.17, 15) is 14.4 Å². The Hall–Kier alpha value is -3.55. The summed E-state index contributed by atoms with van der Waals surface area (Å²) in [6.45, 7) is 3.82. The number of ether oxygens (including phenoxy) is 3. The highest BCUT2D eigenvalue weighted by Gasteiger charge is 2.17. The molecule has 0 radical (unpaired) electrons. The van der Waals surface area contributed by atoms with E-state index in [-0.39, 0.29) is 31.3 Å². The zero-order valence-electron chi connectivity index (χ0n) is 16.2. The first-order valence-electron chi connectivity index (χ1n) is 9.15. The van der Waals surface area contributed by atoms with E-state index in [2.05, 4.69) is 10.6 Å². The van der Waals surface area contributed by atoms with Crippen LogP contribution in [0.3, 0.4) is 0 Å². The largest absolute Gasteiger partial charge is 0.454 e. The fraction of sp³-hybridized carbons (Fsp3) is 0.286. The molecule has 8 nitrogen and oxygen atoms in total. The molecule has 2 N–H and O–H groups in total. The van der Waals surface area contributed by atoms with Crippen LogP contribution in [-0.2, 0) is 11.3 Å². The SMILES string of the molecule is CC(C)NC(=O)NCc1ccc(C(=O)OCC(=O)c2ccc3c(c2)OCO3)cc1. The van der Waals surface area contributed by atoms with Gasteiger partial charge in [-0.25, -0.2) is 9.59 Å². The standard InChI is InChI=1S/C21H22N2O6/c1-13(2)23-21(26)22-10-14-3-5-15(6-4-14)20(25)27-11-17(24)16-7-8-18-19(9-16)29-12-28-18/h3-9,13H,10-12H2,1-2H3,(H2,22,23,26). The number of Topliss-reactive ketones (excluding diaryl/α,β-unsaturated/α-hetero) is 1. The number of rotatable bonds is 7. The fourth-order valence-corrected chi connectivity index (χ4v) is 2.62. The number of hydrogen-bond donors (Lipinski definition) is 2. The number of nitrogens with one attached hydrogen (secondary N) is 2. The number of benzene rings is 2. The van der Waals surface area contributed by atoms with Crippen LogP contribution in [-0.4, -0.2) is 37.2 Å². The molecule has 0 aromatic heterocycles. The first kappa shape index (κ1) is 20.2. The number of carbonyl (C=O) groups excluding carboxylic acids is 3. The summed E-state index contributed by atoms with van der Waals surface area (Å²) >= 11 is 0. The minimum absolute atomic E-state index is 0.0486. The van der Waals surface area contributed by atoms with Crippen molar-refractivity contribution in [3.05, 3.63) is 59.2 Å². The van der Waals surface area contributed by atoms with Crippen LogP contribution in [0.4, 0.5) is 4.79 Å². The van der Waals surface area contributed by atoms with Crippen LogP contribution in [0.5, 0.6) is 11.5 Å². The quantitative estimate of drug-likeness (QED) is 0.549. The Morgan fingerprint density at radius 1 is 1.00 bits per heavy atom. The van der Waals surface area contributed by atoms with Gasteiger partial charge in [0.1, 0.15) is 0 Å². The Kier molecular flexibility index (Phi) is 6.33. The second kappa shape index (κ2) is 9.09. The number of carbonyl (C=O) groups is 3. The van der Waals surface area contributed by atoms with Crippen LogP contribution in [0.1, 0.15) is 40.1 Å². The molecule has 1 heterocycles. The van der Waals surface area contributed by atoms with Crippen molar-refractivity contribution < 1.29 is 28.6 Å². The van der Waals surface area contributed by atoms with Gasteiger partial charge in [-0.05, 0) is 49.7 Å². The lowest BCUT2D eigenvalue weighted by Gasteiger charge is -2.10. The van der Waals surface area contributed by atoms with Gasteiger partial charge in [0.15, 0.2) is 23.9 Å². The first-order valence-corrected chi connectivity index (χ1v) is 9.15. The molecule has 0 unspecified atom stereocenters. The van der Waals surface area contributed by atoms with Crippen molar-refractivity contribution in [3.8, 4) is 11.5 Å². The fourth-order valence-electron chi connectivity index (χ4n) is 2.62. The second-order valence-corrected chi connectivity index (χ2v) is 6.75. The zero-order valence-corrected chi connectivity index (χ0v) is 16.2. The molecule has 8 heteroatoms. The highest BCUT2D eigenvalue weighted by molar-refractivity contribution is 5.99. The lowest BCUT2D eigenvalue weighted by atomic mass is 10.1.